The van der Waals surface area contributed by atoms with Gasteiger partial charge in [0.15, 0.2) is 0 Å². The zero-order valence-corrected chi connectivity index (χ0v) is 20.1. The van der Waals surface area contributed by atoms with Gasteiger partial charge in [0.05, 0.1) is 5.69 Å². The predicted molar refractivity (Wildman–Crippen MR) is 136 cm³/mol. The number of likely N-dealkylation sites (N-methyl/N-ethyl adjacent to an activating group) is 2. The molecular formula is C24H30N6O5. The summed E-state index contributed by atoms with van der Waals surface area (Å²) in [5.74, 6) is -0.0484. The Labute approximate surface area is 202 Å². The highest BCUT2D eigenvalue weighted by Gasteiger charge is 2.10. The van der Waals surface area contributed by atoms with Crippen molar-refractivity contribution in [1.82, 2.24) is 24.8 Å². The summed E-state index contributed by atoms with van der Waals surface area (Å²) in [6, 6.07) is 9.80. The molecule has 35 heavy (non-hydrogen) atoms. The van der Waals surface area contributed by atoms with Gasteiger partial charge in [-0.2, -0.15) is 0 Å². The number of pyridine rings is 1. The first kappa shape index (κ1) is 27.0. The van der Waals surface area contributed by atoms with E-state index in [-0.39, 0.29) is 18.5 Å². The Morgan fingerprint density at radius 1 is 1.11 bits per heavy atom. The van der Waals surface area contributed by atoms with Crippen LogP contribution in [0.2, 0.25) is 0 Å². The molecule has 0 aliphatic carbocycles. The Morgan fingerprint density at radius 2 is 1.80 bits per heavy atom. The molecule has 0 bridgehead atoms. The van der Waals surface area contributed by atoms with Crippen LogP contribution < -0.4 is 10.5 Å². The van der Waals surface area contributed by atoms with Gasteiger partial charge >= 0.3 is 5.97 Å². The maximum Gasteiger partial charge on any atom is 0.303 e. The molecule has 0 saturated carbocycles. The van der Waals surface area contributed by atoms with E-state index in [1.54, 1.807) is 19.3 Å². The van der Waals surface area contributed by atoms with Crippen LogP contribution in [-0.4, -0.2) is 81.7 Å². The Balaban J connectivity index is 0.000000473. The highest BCUT2D eigenvalue weighted by Crippen LogP contribution is 2.26. The summed E-state index contributed by atoms with van der Waals surface area (Å²) in [6.45, 7) is 3.13. The third kappa shape index (κ3) is 7.37. The molecule has 11 heteroatoms. The summed E-state index contributed by atoms with van der Waals surface area (Å²) >= 11 is 0. The summed E-state index contributed by atoms with van der Waals surface area (Å²) in [5, 5.41) is 16.5. The van der Waals surface area contributed by atoms with Crippen LogP contribution in [-0.2, 0) is 9.59 Å². The molecule has 0 saturated heterocycles. The lowest BCUT2D eigenvalue weighted by Crippen LogP contribution is -2.29. The number of H-pyrrole nitrogens is 2. The number of anilines is 1. The lowest BCUT2D eigenvalue weighted by Gasteiger charge is -2.19. The molecule has 0 spiro atoms. The average molecular weight is 483 g/mol. The zero-order valence-electron chi connectivity index (χ0n) is 20.1. The number of rotatable bonds is 6. The van der Waals surface area contributed by atoms with Gasteiger partial charge in [0, 0.05) is 60.8 Å². The van der Waals surface area contributed by atoms with Crippen LogP contribution in [0.15, 0.2) is 47.5 Å². The quantitative estimate of drug-likeness (QED) is 0.303. The molecule has 3 heterocycles. The molecular weight excluding hydrogens is 452 g/mol. The number of hydrogen-bond acceptors (Lipinski definition) is 7. The van der Waals surface area contributed by atoms with Crippen molar-refractivity contribution >= 4 is 40.2 Å². The molecule has 186 valence electrons. The first-order valence-electron chi connectivity index (χ1n) is 10.8. The minimum Gasteiger partial charge on any atom is -0.483 e. The molecule has 3 aromatic heterocycles. The van der Waals surface area contributed by atoms with Crippen molar-refractivity contribution in [3.8, 4) is 11.3 Å². The van der Waals surface area contributed by atoms with Crippen LogP contribution in [0.25, 0.3) is 33.1 Å². The second-order valence-corrected chi connectivity index (χ2v) is 7.80. The standard InChI is InChI=1S/C20H22N6O.C3H6O2.CH2O2/c1-25(2)10-11-26(3)20-22-9-7-16(24-20)13-4-5-17-15(12-13)14-6-8-21-18(14)19(27)23-17;1-2-3(4)5;2-1-3/h4-9,12,21H,10-11H2,1-3H3,(H,23,27);2H2,1H3,(H,4,5);1H,(H,2,3). The van der Waals surface area contributed by atoms with Gasteiger partial charge in [-0.15, -0.1) is 0 Å². The molecule has 4 N–H and O–H groups in total. The molecule has 0 amide bonds. The third-order valence-corrected chi connectivity index (χ3v) is 5.00. The number of carboxylic acids is 1. The van der Waals surface area contributed by atoms with Crippen LogP contribution in [0.3, 0.4) is 0 Å². The highest BCUT2D eigenvalue weighted by atomic mass is 16.4. The van der Waals surface area contributed by atoms with Gasteiger partial charge in [0.1, 0.15) is 5.52 Å². The topological polar surface area (TPSA) is 156 Å². The fourth-order valence-corrected chi connectivity index (χ4v) is 3.15. The van der Waals surface area contributed by atoms with E-state index in [1.807, 2.05) is 50.3 Å². The van der Waals surface area contributed by atoms with E-state index in [2.05, 4.69) is 25.9 Å². The Bertz CT molecular complexity index is 1330. The molecule has 0 unspecified atom stereocenters. The number of carboxylic acid groups (broad SMARTS) is 2. The van der Waals surface area contributed by atoms with E-state index >= 15 is 0 Å². The van der Waals surface area contributed by atoms with Gasteiger partial charge in [0.2, 0.25) is 5.95 Å². The minimum atomic E-state index is -0.745. The van der Waals surface area contributed by atoms with Crippen molar-refractivity contribution < 1.29 is 19.8 Å². The number of benzene rings is 1. The van der Waals surface area contributed by atoms with Gasteiger partial charge in [-0.1, -0.05) is 13.0 Å². The van der Waals surface area contributed by atoms with Gasteiger partial charge in [-0.3, -0.25) is 14.4 Å². The van der Waals surface area contributed by atoms with Crippen LogP contribution in [0.4, 0.5) is 5.95 Å². The number of nitrogens with zero attached hydrogens (tertiary/aromatic N) is 4. The number of carbonyl (C=O) groups is 2. The zero-order chi connectivity index (χ0) is 26.0. The second-order valence-electron chi connectivity index (χ2n) is 7.80. The lowest BCUT2D eigenvalue weighted by molar-refractivity contribution is -0.136. The summed E-state index contributed by atoms with van der Waals surface area (Å²) < 4.78 is 0. The normalized spacial score (nSPS) is 10.3. The molecule has 0 atom stereocenters. The first-order valence-corrected chi connectivity index (χ1v) is 10.8. The van der Waals surface area contributed by atoms with Crippen LogP contribution in [0.5, 0.6) is 0 Å². The molecule has 0 aliphatic rings. The van der Waals surface area contributed by atoms with Crippen molar-refractivity contribution in [3.63, 3.8) is 0 Å². The van der Waals surface area contributed by atoms with Crippen LogP contribution in [0.1, 0.15) is 13.3 Å². The molecule has 1 aromatic carbocycles. The van der Waals surface area contributed by atoms with Crippen molar-refractivity contribution in [2.24, 2.45) is 0 Å². The smallest absolute Gasteiger partial charge is 0.303 e. The Kier molecular flexibility index (Phi) is 9.91. The minimum absolute atomic E-state index is 0.109. The van der Waals surface area contributed by atoms with Gasteiger partial charge in [-0.25, -0.2) is 9.97 Å². The summed E-state index contributed by atoms with van der Waals surface area (Å²) in [5.41, 5.74) is 3.14. The van der Waals surface area contributed by atoms with E-state index in [0.717, 1.165) is 40.6 Å². The van der Waals surface area contributed by atoms with E-state index in [9.17, 15) is 9.59 Å². The SMILES string of the molecule is CCC(=O)O.CN(C)CCN(C)c1nccc(-c2ccc3[nH]c(=O)c4[nH]ccc4c3c2)n1.O=CO. The molecule has 4 aromatic rings. The number of fused-ring (bicyclic) bond motifs is 3. The average Bonchev–Trinajstić information content (AvgIpc) is 3.34. The van der Waals surface area contributed by atoms with Gasteiger partial charge < -0.3 is 30.0 Å². The summed E-state index contributed by atoms with van der Waals surface area (Å²) in [4.78, 5) is 49.1. The molecule has 0 aliphatic heterocycles. The highest BCUT2D eigenvalue weighted by molar-refractivity contribution is 6.05. The fourth-order valence-electron chi connectivity index (χ4n) is 3.15. The van der Waals surface area contributed by atoms with Crippen molar-refractivity contribution in [2.45, 2.75) is 13.3 Å². The van der Waals surface area contributed by atoms with Gasteiger partial charge in [0.25, 0.3) is 12.0 Å². The first-order chi connectivity index (χ1) is 16.7. The summed E-state index contributed by atoms with van der Waals surface area (Å²) in [6.07, 6.45) is 3.79. The number of hydrogen-bond donors (Lipinski definition) is 4. The maximum absolute atomic E-state index is 12.1. The van der Waals surface area contributed by atoms with E-state index < -0.39 is 5.97 Å². The fraction of sp³-hybridized carbons (Fsp3) is 0.292. The number of aromatic nitrogens is 4. The van der Waals surface area contributed by atoms with E-state index in [1.165, 1.54) is 0 Å². The summed E-state index contributed by atoms with van der Waals surface area (Å²) in [7, 11) is 6.09. The molecule has 4 rings (SSSR count). The Morgan fingerprint density at radius 3 is 2.43 bits per heavy atom. The van der Waals surface area contributed by atoms with Crippen molar-refractivity contribution in [3.05, 3.63) is 53.1 Å². The van der Waals surface area contributed by atoms with E-state index in [4.69, 9.17) is 20.0 Å². The maximum atomic E-state index is 12.1. The van der Waals surface area contributed by atoms with Crippen molar-refractivity contribution in [2.75, 3.05) is 39.1 Å². The van der Waals surface area contributed by atoms with Crippen molar-refractivity contribution in [1.29, 1.82) is 0 Å². The largest absolute Gasteiger partial charge is 0.483 e. The lowest BCUT2D eigenvalue weighted by atomic mass is 10.1. The molecule has 0 fully saturated rings. The van der Waals surface area contributed by atoms with Crippen LogP contribution in [0, 0.1) is 0 Å². The molecule has 11 nitrogen and oxygen atoms in total. The second kappa shape index (κ2) is 12.8. The van der Waals surface area contributed by atoms with Gasteiger partial charge in [-0.05, 0) is 38.4 Å². The van der Waals surface area contributed by atoms with Crippen LogP contribution >= 0.6 is 0 Å². The number of aliphatic carboxylic acids is 1. The van der Waals surface area contributed by atoms with E-state index in [0.29, 0.717) is 11.5 Å². The predicted octanol–water partition coefficient (Wildman–Crippen LogP) is 2.65. The number of aromatic amines is 2. The Hall–Kier alpha value is -4.25. The third-order valence-electron chi connectivity index (χ3n) is 5.00. The monoisotopic (exact) mass is 482 g/mol. The number of nitrogens with one attached hydrogen (secondary N) is 2. The molecule has 0 radical (unpaired) electrons.